The number of Topliss-reactive ketones (excluding diaryl/α,β-unsaturated/α-hetero) is 1. The van der Waals surface area contributed by atoms with Crippen LogP contribution < -0.4 is 10.0 Å². The molecule has 0 unspecified atom stereocenters. The first-order valence-corrected chi connectivity index (χ1v) is 12.5. The third kappa shape index (κ3) is 5.19. The number of halogens is 2. The zero-order valence-electron chi connectivity index (χ0n) is 18.1. The van der Waals surface area contributed by atoms with Crippen molar-refractivity contribution in [3.63, 3.8) is 0 Å². The van der Waals surface area contributed by atoms with Gasteiger partial charge in [0.15, 0.2) is 17.2 Å². The summed E-state index contributed by atoms with van der Waals surface area (Å²) in [7, 11) is -3.80. The molecule has 33 heavy (non-hydrogen) atoms. The SMILES string of the molecule is CCCS(=O)(=O)Nc1ccc(F)c(C(=O)Cc2cnc3nc(C4CCNCC4)[nH]c3c2)c1F. The number of carbonyl (C=O) groups excluding carboxylic acids is 1. The maximum absolute atomic E-state index is 14.9. The summed E-state index contributed by atoms with van der Waals surface area (Å²) in [4.78, 5) is 24.8. The number of aromatic amines is 1. The third-order valence-corrected chi connectivity index (χ3v) is 7.09. The van der Waals surface area contributed by atoms with E-state index in [0.29, 0.717) is 29.1 Å². The molecule has 0 aliphatic carbocycles. The van der Waals surface area contributed by atoms with E-state index in [-0.39, 0.29) is 12.2 Å². The molecule has 0 atom stereocenters. The van der Waals surface area contributed by atoms with Crippen molar-refractivity contribution in [1.29, 1.82) is 0 Å². The Morgan fingerprint density at radius 3 is 2.73 bits per heavy atom. The molecule has 3 heterocycles. The van der Waals surface area contributed by atoms with Crippen LogP contribution in [0.2, 0.25) is 0 Å². The predicted octanol–water partition coefficient (Wildman–Crippen LogP) is 3.28. The molecule has 3 aromatic rings. The van der Waals surface area contributed by atoms with Gasteiger partial charge >= 0.3 is 0 Å². The number of hydrogen-bond acceptors (Lipinski definition) is 6. The highest BCUT2D eigenvalue weighted by atomic mass is 32.2. The Morgan fingerprint density at radius 1 is 1.24 bits per heavy atom. The van der Waals surface area contributed by atoms with Gasteiger partial charge in [-0.3, -0.25) is 9.52 Å². The van der Waals surface area contributed by atoms with Gasteiger partial charge in [0, 0.05) is 18.5 Å². The zero-order valence-corrected chi connectivity index (χ0v) is 18.9. The van der Waals surface area contributed by atoms with Crippen LogP contribution in [0.4, 0.5) is 14.5 Å². The molecule has 0 radical (unpaired) electrons. The molecular weight excluding hydrogens is 452 g/mol. The average Bonchev–Trinajstić information content (AvgIpc) is 3.20. The first kappa shape index (κ1) is 23.2. The number of H-pyrrole nitrogens is 1. The number of imidazole rings is 1. The lowest BCUT2D eigenvalue weighted by atomic mass is 9.98. The lowest BCUT2D eigenvalue weighted by molar-refractivity contribution is 0.0985. The molecule has 0 amide bonds. The van der Waals surface area contributed by atoms with E-state index in [1.165, 1.54) is 6.20 Å². The summed E-state index contributed by atoms with van der Waals surface area (Å²) in [6.45, 7) is 3.49. The van der Waals surface area contributed by atoms with Crippen LogP contribution in [-0.4, -0.2) is 48.0 Å². The molecule has 0 spiro atoms. The highest BCUT2D eigenvalue weighted by Crippen LogP contribution is 2.26. The third-order valence-electron chi connectivity index (χ3n) is 5.61. The molecule has 1 fully saturated rings. The number of sulfonamides is 1. The van der Waals surface area contributed by atoms with Crippen LogP contribution in [0, 0.1) is 11.6 Å². The van der Waals surface area contributed by atoms with Crippen molar-refractivity contribution >= 4 is 32.7 Å². The van der Waals surface area contributed by atoms with E-state index in [1.807, 2.05) is 0 Å². The van der Waals surface area contributed by atoms with Gasteiger partial charge in [0.2, 0.25) is 10.0 Å². The minimum Gasteiger partial charge on any atom is -0.340 e. The highest BCUT2D eigenvalue weighted by molar-refractivity contribution is 7.92. The van der Waals surface area contributed by atoms with E-state index in [9.17, 15) is 22.0 Å². The smallest absolute Gasteiger partial charge is 0.232 e. The van der Waals surface area contributed by atoms with Gasteiger partial charge in [-0.25, -0.2) is 27.2 Å². The molecule has 1 aliphatic heterocycles. The fourth-order valence-electron chi connectivity index (χ4n) is 4.00. The molecule has 3 N–H and O–H groups in total. The van der Waals surface area contributed by atoms with E-state index in [1.54, 1.807) is 13.0 Å². The molecule has 1 aliphatic rings. The fraction of sp³-hybridized carbons (Fsp3) is 0.409. The number of benzene rings is 1. The number of aromatic nitrogens is 3. The van der Waals surface area contributed by atoms with Gasteiger partial charge in [-0.15, -0.1) is 0 Å². The van der Waals surface area contributed by atoms with Crippen molar-refractivity contribution in [2.24, 2.45) is 0 Å². The molecule has 1 saturated heterocycles. The quantitative estimate of drug-likeness (QED) is 0.429. The van der Waals surface area contributed by atoms with Crippen molar-refractivity contribution in [1.82, 2.24) is 20.3 Å². The molecular formula is C22H25F2N5O3S. The first-order chi connectivity index (χ1) is 15.8. The van der Waals surface area contributed by atoms with Crippen LogP contribution >= 0.6 is 0 Å². The number of nitrogens with zero attached hydrogens (tertiary/aromatic N) is 2. The summed E-state index contributed by atoms with van der Waals surface area (Å²) in [5.41, 5.74) is 0.387. The van der Waals surface area contributed by atoms with E-state index in [4.69, 9.17) is 0 Å². The Bertz CT molecular complexity index is 1290. The molecule has 176 valence electrons. The van der Waals surface area contributed by atoms with E-state index in [2.05, 4.69) is 25.0 Å². The van der Waals surface area contributed by atoms with Gasteiger partial charge in [0.1, 0.15) is 11.6 Å². The van der Waals surface area contributed by atoms with Crippen LogP contribution in [-0.2, 0) is 16.4 Å². The minimum absolute atomic E-state index is 0.220. The Kier molecular flexibility index (Phi) is 6.71. The van der Waals surface area contributed by atoms with Gasteiger partial charge in [0.25, 0.3) is 0 Å². The number of anilines is 1. The first-order valence-electron chi connectivity index (χ1n) is 10.8. The van der Waals surface area contributed by atoms with Gasteiger partial charge in [-0.1, -0.05) is 6.92 Å². The Hall–Kier alpha value is -2.92. The largest absolute Gasteiger partial charge is 0.340 e. The number of carbonyl (C=O) groups is 1. The molecule has 8 nitrogen and oxygen atoms in total. The maximum atomic E-state index is 14.9. The molecule has 1 aromatic carbocycles. The number of rotatable bonds is 8. The summed E-state index contributed by atoms with van der Waals surface area (Å²) < 4.78 is 55.3. The number of hydrogen-bond donors (Lipinski definition) is 3. The second-order valence-corrected chi connectivity index (χ2v) is 10.0. The van der Waals surface area contributed by atoms with Gasteiger partial charge in [-0.2, -0.15) is 0 Å². The zero-order chi connectivity index (χ0) is 23.6. The Morgan fingerprint density at radius 2 is 2.00 bits per heavy atom. The van der Waals surface area contributed by atoms with Crippen molar-refractivity contribution < 1.29 is 22.0 Å². The van der Waals surface area contributed by atoms with E-state index < -0.39 is 38.7 Å². The van der Waals surface area contributed by atoms with Crippen LogP contribution in [0.15, 0.2) is 24.4 Å². The summed E-state index contributed by atoms with van der Waals surface area (Å²) >= 11 is 0. The van der Waals surface area contributed by atoms with Crippen LogP contribution in [0.1, 0.15) is 53.8 Å². The monoisotopic (exact) mass is 477 g/mol. The van der Waals surface area contributed by atoms with Crippen LogP contribution in [0.3, 0.4) is 0 Å². The number of fused-ring (bicyclic) bond motifs is 1. The number of piperidine rings is 1. The molecule has 11 heteroatoms. The lowest BCUT2D eigenvalue weighted by Crippen LogP contribution is -2.27. The van der Waals surface area contributed by atoms with Gasteiger partial charge in [0.05, 0.1) is 22.5 Å². The van der Waals surface area contributed by atoms with Gasteiger partial charge in [-0.05, 0) is 56.1 Å². The summed E-state index contributed by atoms with van der Waals surface area (Å²) in [6.07, 6.45) is 3.40. The van der Waals surface area contributed by atoms with Crippen molar-refractivity contribution in [2.75, 3.05) is 23.6 Å². The number of nitrogens with one attached hydrogen (secondary N) is 3. The average molecular weight is 478 g/mol. The maximum Gasteiger partial charge on any atom is 0.232 e. The number of pyridine rings is 1. The predicted molar refractivity (Wildman–Crippen MR) is 121 cm³/mol. The van der Waals surface area contributed by atoms with Crippen LogP contribution in [0.5, 0.6) is 0 Å². The normalized spacial score (nSPS) is 15.1. The Balaban J connectivity index is 1.56. The van der Waals surface area contributed by atoms with Crippen LogP contribution in [0.25, 0.3) is 11.2 Å². The lowest BCUT2D eigenvalue weighted by Gasteiger charge is -2.20. The molecule has 0 saturated carbocycles. The molecule has 4 rings (SSSR count). The van der Waals surface area contributed by atoms with Crippen molar-refractivity contribution in [3.8, 4) is 0 Å². The highest BCUT2D eigenvalue weighted by Gasteiger charge is 2.24. The molecule has 0 bridgehead atoms. The fourth-order valence-corrected chi connectivity index (χ4v) is 5.13. The van der Waals surface area contributed by atoms with Crippen molar-refractivity contribution in [3.05, 3.63) is 53.0 Å². The van der Waals surface area contributed by atoms with Crippen molar-refractivity contribution in [2.45, 2.75) is 38.5 Å². The standard InChI is InChI=1S/C22H25F2N5O3S/c1-2-9-33(31,32)29-16-4-3-15(23)19(20(16)24)18(30)11-13-10-17-22(26-12-13)28-21(27-17)14-5-7-25-8-6-14/h3-4,10,12,14,25,29H,2,5-9,11H2,1H3,(H,26,27,28). The van der Waals surface area contributed by atoms with E-state index in [0.717, 1.165) is 43.9 Å². The van der Waals surface area contributed by atoms with E-state index >= 15 is 0 Å². The molecule has 2 aromatic heterocycles. The second-order valence-electron chi connectivity index (χ2n) is 8.17. The summed E-state index contributed by atoms with van der Waals surface area (Å²) in [5.74, 6) is -2.19. The summed E-state index contributed by atoms with van der Waals surface area (Å²) in [5, 5.41) is 3.30. The second kappa shape index (κ2) is 9.52. The Labute approximate surface area is 190 Å². The summed E-state index contributed by atoms with van der Waals surface area (Å²) in [6, 6.07) is 3.54. The minimum atomic E-state index is -3.80. The van der Waals surface area contributed by atoms with Gasteiger partial charge < -0.3 is 10.3 Å². The topological polar surface area (TPSA) is 117 Å². The number of ketones is 1.